The Balaban J connectivity index is 2.25. The lowest BCUT2D eigenvalue weighted by atomic mass is 9.62. The second-order valence-electron chi connectivity index (χ2n) is 5.12. The van der Waals surface area contributed by atoms with Gasteiger partial charge in [0.1, 0.15) is 6.10 Å². The molecular weight excluding hydrogens is 346 g/mol. The van der Waals surface area contributed by atoms with E-state index >= 15 is 0 Å². The Hall–Kier alpha value is -0.810. The minimum atomic E-state index is -0.453. The molecular formula is C14H17BrClNO3. The lowest BCUT2D eigenvalue weighted by Gasteiger charge is -2.52. The van der Waals surface area contributed by atoms with Crippen LogP contribution in [0.3, 0.4) is 0 Å². The van der Waals surface area contributed by atoms with Crippen LogP contribution in [0.25, 0.3) is 0 Å². The van der Waals surface area contributed by atoms with Gasteiger partial charge in [0.05, 0.1) is 4.92 Å². The van der Waals surface area contributed by atoms with E-state index in [0.29, 0.717) is 15.6 Å². The van der Waals surface area contributed by atoms with Crippen molar-refractivity contribution in [2.24, 2.45) is 5.41 Å². The van der Waals surface area contributed by atoms with Crippen LogP contribution in [-0.2, 0) is 0 Å². The highest BCUT2D eigenvalue weighted by atomic mass is 79.9. The second kappa shape index (κ2) is 5.90. The second-order valence-corrected chi connectivity index (χ2v) is 6.66. The minimum absolute atomic E-state index is 0.00162. The molecule has 2 atom stereocenters. The molecule has 1 aromatic rings. The van der Waals surface area contributed by atoms with Crippen molar-refractivity contribution in [3.05, 3.63) is 33.3 Å². The average Bonchev–Trinajstić information content (AvgIpc) is 2.41. The third-order valence-corrected chi connectivity index (χ3v) is 5.91. The first-order chi connectivity index (χ1) is 9.44. The predicted molar refractivity (Wildman–Crippen MR) is 82.9 cm³/mol. The Kier molecular flexibility index (Phi) is 4.59. The van der Waals surface area contributed by atoms with Gasteiger partial charge in [-0.25, -0.2) is 0 Å². The van der Waals surface area contributed by atoms with Crippen LogP contribution >= 0.6 is 27.5 Å². The van der Waals surface area contributed by atoms with Crippen molar-refractivity contribution in [3.63, 3.8) is 0 Å². The number of hydrogen-bond donors (Lipinski definition) is 0. The molecule has 0 spiro atoms. The van der Waals surface area contributed by atoms with Gasteiger partial charge in [0.2, 0.25) is 0 Å². The summed E-state index contributed by atoms with van der Waals surface area (Å²) in [7, 11) is 0. The molecule has 6 heteroatoms. The molecule has 110 valence electrons. The molecule has 1 aliphatic carbocycles. The number of nitro groups is 1. The molecule has 1 aliphatic rings. The Morgan fingerprint density at radius 2 is 2.15 bits per heavy atom. The number of benzene rings is 1. The fourth-order valence-electron chi connectivity index (χ4n) is 2.90. The van der Waals surface area contributed by atoms with Crippen molar-refractivity contribution in [1.82, 2.24) is 0 Å². The summed E-state index contributed by atoms with van der Waals surface area (Å²) < 4.78 is 5.94. The number of nitro benzene ring substituents is 1. The van der Waals surface area contributed by atoms with Gasteiger partial charge in [-0.05, 0) is 31.4 Å². The molecule has 20 heavy (non-hydrogen) atoms. The quantitative estimate of drug-likeness (QED) is 0.422. The standard InChI is InChI=1S/C14H17BrClNO3/c1-3-14(4-2)12(15)8-13(14)20-11-6-5-9(16)7-10(11)17(18)19/h5-7,12-13H,3-4,8H2,1-2H3. The SMILES string of the molecule is CCC1(CC)C(Br)CC1Oc1ccc(Cl)cc1[N+](=O)[O-]. The van der Waals surface area contributed by atoms with Gasteiger partial charge in [-0.3, -0.25) is 10.1 Å². The summed E-state index contributed by atoms with van der Waals surface area (Å²) in [5.74, 6) is 0.301. The smallest absolute Gasteiger partial charge is 0.312 e. The maximum atomic E-state index is 11.1. The fraction of sp³-hybridized carbons (Fsp3) is 0.571. The van der Waals surface area contributed by atoms with Gasteiger partial charge < -0.3 is 4.74 Å². The summed E-state index contributed by atoms with van der Waals surface area (Å²) >= 11 is 9.49. The molecule has 0 saturated heterocycles. The largest absolute Gasteiger partial charge is 0.483 e. The number of nitrogens with zero attached hydrogens (tertiary/aromatic N) is 1. The number of ether oxygens (including phenoxy) is 1. The summed E-state index contributed by atoms with van der Waals surface area (Å²) in [5, 5.41) is 11.4. The number of rotatable bonds is 5. The summed E-state index contributed by atoms with van der Waals surface area (Å²) in [5.41, 5.74) is -0.0235. The molecule has 0 aromatic heterocycles. The molecule has 1 aromatic carbocycles. The first-order valence-electron chi connectivity index (χ1n) is 6.69. The van der Waals surface area contributed by atoms with Gasteiger partial charge in [0, 0.05) is 21.3 Å². The van der Waals surface area contributed by atoms with Crippen molar-refractivity contribution in [2.75, 3.05) is 0 Å². The fourth-order valence-corrected chi connectivity index (χ4v) is 4.35. The van der Waals surface area contributed by atoms with Crippen LogP contribution in [0.15, 0.2) is 18.2 Å². The van der Waals surface area contributed by atoms with Crippen molar-refractivity contribution in [1.29, 1.82) is 0 Å². The molecule has 4 nitrogen and oxygen atoms in total. The lowest BCUT2D eigenvalue weighted by Crippen LogP contribution is -2.56. The third-order valence-electron chi connectivity index (χ3n) is 4.39. The average molecular weight is 363 g/mol. The molecule has 1 fully saturated rings. The summed E-state index contributed by atoms with van der Waals surface area (Å²) in [6.45, 7) is 4.26. The normalized spacial score (nSPS) is 24.0. The first kappa shape index (κ1) is 15.6. The van der Waals surface area contributed by atoms with E-state index in [9.17, 15) is 10.1 Å². The van der Waals surface area contributed by atoms with Crippen LogP contribution in [-0.4, -0.2) is 15.9 Å². The zero-order valence-electron chi connectivity index (χ0n) is 11.4. The summed E-state index contributed by atoms with van der Waals surface area (Å²) in [6.07, 6.45) is 2.82. The van der Waals surface area contributed by atoms with Gasteiger partial charge in [-0.1, -0.05) is 41.4 Å². The van der Waals surface area contributed by atoms with Gasteiger partial charge in [0.25, 0.3) is 0 Å². The highest BCUT2D eigenvalue weighted by Crippen LogP contribution is 2.53. The molecule has 0 heterocycles. The predicted octanol–water partition coefficient (Wildman–Crippen LogP) is 4.97. The van der Waals surface area contributed by atoms with E-state index in [0.717, 1.165) is 19.3 Å². The van der Waals surface area contributed by atoms with Crippen LogP contribution in [0.2, 0.25) is 5.02 Å². The third kappa shape index (κ3) is 2.53. The van der Waals surface area contributed by atoms with E-state index in [4.69, 9.17) is 16.3 Å². The van der Waals surface area contributed by atoms with E-state index < -0.39 is 4.92 Å². The highest BCUT2D eigenvalue weighted by Gasteiger charge is 2.53. The molecule has 0 bridgehead atoms. The van der Waals surface area contributed by atoms with Crippen LogP contribution in [0.5, 0.6) is 5.75 Å². The van der Waals surface area contributed by atoms with E-state index in [1.165, 1.54) is 6.07 Å². The molecule has 2 rings (SSSR count). The topological polar surface area (TPSA) is 52.4 Å². The Morgan fingerprint density at radius 1 is 1.50 bits per heavy atom. The van der Waals surface area contributed by atoms with Gasteiger partial charge >= 0.3 is 5.69 Å². The highest BCUT2D eigenvalue weighted by molar-refractivity contribution is 9.09. The molecule has 0 N–H and O–H groups in total. The molecule has 2 unspecified atom stereocenters. The molecule has 0 radical (unpaired) electrons. The zero-order valence-corrected chi connectivity index (χ0v) is 13.8. The monoisotopic (exact) mass is 361 g/mol. The van der Waals surface area contributed by atoms with Crippen molar-refractivity contribution < 1.29 is 9.66 Å². The maximum absolute atomic E-state index is 11.1. The van der Waals surface area contributed by atoms with Crippen molar-refractivity contribution in [3.8, 4) is 5.75 Å². The summed E-state index contributed by atoms with van der Waals surface area (Å²) in [4.78, 5) is 11.0. The van der Waals surface area contributed by atoms with E-state index in [-0.39, 0.29) is 17.2 Å². The van der Waals surface area contributed by atoms with Crippen molar-refractivity contribution in [2.45, 2.75) is 44.0 Å². The van der Waals surface area contributed by atoms with E-state index in [2.05, 4.69) is 29.8 Å². The van der Waals surface area contributed by atoms with Gasteiger partial charge in [-0.2, -0.15) is 0 Å². The first-order valence-corrected chi connectivity index (χ1v) is 7.98. The molecule has 1 saturated carbocycles. The summed E-state index contributed by atoms with van der Waals surface area (Å²) in [6, 6.07) is 4.53. The van der Waals surface area contributed by atoms with E-state index in [1.807, 2.05) is 0 Å². The Labute approximate surface area is 131 Å². The Morgan fingerprint density at radius 3 is 2.65 bits per heavy atom. The number of alkyl halides is 1. The van der Waals surface area contributed by atoms with Gasteiger partial charge in [-0.15, -0.1) is 0 Å². The van der Waals surface area contributed by atoms with Crippen molar-refractivity contribution >= 4 is 33.2 Å². The van der Waals surface area contributed by atoms with Crippen LogP contribution in [0.4, 0.5) is 5.69 Å². The van der Waals surface area contributed by atoms with E-state index in [1.54, 1.807) is 12.1 Å². The zero-order chi connectivity index (χ0) is 14.9. The lowest BCUT2D eigenvalue weighted by molar-refractivity contribution is -0.386. The minimum Gasteiger partial charge on any atom is -0.483 e. The van der Waals surface area contributed by atoms with Crippen LogP contribution in [0.1, 0.15) is 33.1 Å². The number of halogens is 2. The van der Waals surface area contributed by atoms with Crippen LogP contribution in [0, 0.1) is 15.5 Å². The van der Waals surface area contributed by atoms with Crippen LogP contribution < -0.4 is 4.74 Å². The maximum Gasteiger partial charge on any atom is 0.312 e. The molecule has 0 amide bonds. The Bertz CT molecular complexity index is 519. The number of hydrogen-bond acceptors (Lipinski definition) is 3. The van der Waals surface area contributed by atoms with Gasteiger partial charge in [0.15, 0.2) is 5.75 Å². The molecule has 0 aliphatic heterocycles.